The highest BCUT2D eigenvalue weighted by molar-refractivity contribution is 5.95. The van der Waals surface area contributed by atoms with Crippen molar-refractivity contribution < 1.29 is 4.79 Å². The molecular formula is C15H24N2O. The molecular weight excluding hydrogens is 224 g/mol. The summed E-state index contributed by atoms with van der Waals surface area (Å²) < 4.78 is 0. The second-order valence-electron chi connectivity index (χ2n) is 5.08. The zero-order valence-electron chi connectivity index (χ0n) is 12.0. The molecule has 3 heteroatoms. The molecule has 1 aromatic carbocycles. The van der Waals surface area contributed by atoms with Crippen LogP contribution >= 0.6 is 0 Å². The van der Waals surface area contributed by atoms with Crippen LogP contribution in [-0.4, -0.2) is 18.5 Å². The first kappa shape index (κ1) is 14.7. The molecule has 0 aliphatic heterocycles. The van der Waals surface area contributed by atoms with Crippen molar-refractivity contribution in [1.82, 2.24) is 0 Å². The van der Waals surface area contributed by atoms with Crippen molar-refractivity contribution in [2.75, 3.05) is 11.4 Å². The lowest BCUT2D eigenvalue weighted by molar-refractivity contribution is -0.122. The van der Waals surface area contributed by atoms with Gasteiger partial charge in [-0.2, -0.15) is 0 Å². The molecule has 2 atom stereocenters. The van der Waals surface area contributed by atoms with Gasteiger partial charge in [-0.15, -0.1) is 0 Å². The van der Waals surface area contributed by atoms with Crippen LogP contribution in [0.1, 0.15) is 31.9 Å². The van der Waals surface area contributed by atoms with Crippen molar-refractivity contribution in [1.29, 1.82) is 0 Å². The van der Waals surface area contributed by atoms with Gasteiger partial charge in [-0.05, 0) is 51.0 Å². The van der Waals surface area contributed by atoms with Gasteiger partial charge in [-0.1, -0.05) is 13.0 Å². The van der Waals surface area contributed by atoms with E-state index in [0.29, 0.717) is 6.54 Å². The van der Waals surface area contributed by atoms with E-state index in [2.05, 4.69) is 6.07 Å². The van der Waals surface area contributed by atoms with Gasteiger partial charge in [-0.3, -0.25) is 4.79 Å². The van der Waals surface area contributed by atoms with Crippen molar-refractivity contribution in [2.45, 2.75) is 40.7 Å². The van der Waals surface area contributed by atoms with E-state index in [9.17, 15) is 4.79 Å². The lowest BCUT2D eigenvalue weighted by atomic mass is 10.0. The zero-order chi connectivity index (χ0) is 13.9. The smallest absolute Gasteiger partial charge is 0.231 e. The molecule has 0 radical (unpaired) electrons. The molecule has 0 aliphatic rings. The largest absolute Gasteiger partial charge is 0.327 e. The molecule has 1 aromatic rings. The Morgan fingerprint density at radius 2 is 1.72 bits per heavy atom. The summed E-state index contributed by atoms with van der Waals surface area (Å²) in [6.07, 6.45) is 0. The molecule has 18 heavy (non-hydrogen) atoms. The zero-order valence-corrected chi connectivity index (χ0v) is 12.0. The van der Waals surface area contributed by atoms with Gasteiger partial charge in [-0.25, -0.2) is 0 Å². The van der Waals surface area contributed by atoms with Crippen LogP contribution in [-0.2, 0) is 4.79 Å². The number of hydrogen-bond donors (Lipinski definition) is 1. The highest BCUT2D eigenvalue weighted by Gasteiger charge is 2.23. The minimum Gasteiger partial charge on any atom is -0.327 e. The van der Waals surface area contributed by atoms with Crippen LogP contribution in [0.25, 0.3) is 0 Å². The number of hydrogen-bond acceptors (Lipinski definition) is 2. The molecule has 1 rings (SSSR count). The second-order valence-corrected chi connectivity index (χ2v) is 5.08. The molecule has 0 bridgehead atoms. The van der Waals surface area contributed by atoms with E-state index >= 15 is 0 Å². The topological polar surface area (TPSA) is 46.3 Å². The van der Waals surface area contributed by atoms with Gasteiger partial charge in [0.15, 0.2) is 0 Å². The molecule has 2 N–H and O–H groups in total. The van der Waals surface area contributed by atoms with Crippen molar-refractivity contribution >= 4 is 11.6 Å². The third kappa shape index (κ3) is 3.33. The van der Waals surface area contributed by atoms with Gasteiger partial charge >= 0.3 is 0 Å². The Bertz CT molecular complexity index is 406. The number of aryl methyl sites for hydroxylation is 2. The van der Waals surface area contributed by atoms with Crippen LogP contribution in [0.3, 0.4) is 0 Å². The van der Waals surface area contributed by atoms with Crippen LogP contribution in [0.4, 0.5) is 5.69 Å². The molecule has 100 valence electrons. The maximum absolute atomic E-state index is 12.4. The summed E-state index contributed by atoms with van der Waals surface area (Å²) in [6.45, 7) is 10.5. The summed E-state index contributed by atoms with van der Waals surface area (Å²) in [6, 6.07) is 6.07. The predicted octanol–water partition coefficient (Wildman–Crippen LogP) is 2.64. The van der Waals surface area contributed by atoms with E-state index in [1.807, 2.05) is 51.7 Å². The second kappa shape index (κ2) is 6.01. The van der Waals surface area contributed by atoms with Gasteiger partial charge in [0.2, 0.25) is 5.91 Å². The number of nitrogens with two attached hydrogens (primary N) is 1. The fourth-order valence-corrected chi connectivity index (χ4v) is 2.04. The molecule has 0 aromatic heterocycles. The molecule has 0 heterocycles. The van der Waals surface area contributed by atoms with Gasteiger partial charge in [0.1, 0.15) is 0 Å². The average molecular weight is 248 g/mol. The highest BCUT2D eigenvalue weighted by Crippen LogP contribution is 2.21. The van der Waals surface area contributed by atoms with Gasteiger partial charge in [0.05, 0.1) is 5.92 Å². The first-order valence-corrected chi connectivity index (χ1v) is 6.52. The van der Waals surface area contributed by atoms with Crippen molar-refractivity contribution in [3.63, 3.8) is 0 Å². The van der Waals surface area contributed by atoms with Crippen molar-refractivity contribution in [2.24, 2.45) is 11.7 Å². The summed E-state index contributed by atoms with van der Waals surface area (Å²) in [7, 11) is 0. The van der Waals surface area contributed by atoms with E-state index in [-0.39, 0.29) is 17.9 Å². The molecule has 0 fully saturated rings. The number of amides is 1. The van der Waals surface area contributed by atoms with Crippen molar-refractivity contribution in [3.8, 4) is 0 Å². The maximum atomic E-state index is 12.4. The van der Waals surface area contributed by atoms with E-state index in [1.54, 1.807) is 0 Å². The summed E-state index contributed by atoms with van der Waals surface area (Å²) in [5.41, 5.74) is 9.13. The van der Waals surface area contributed by atoms with Crippen LogP contribution in [0.2, 0.25) is 0 Å². The van der Waals surface area contributed by atoms with E-state index in [1.165, 1.54) is 11.1 Å². The minimum absolute atomic E-state index is 0.0949. The number of carbonyl (C=O) groups is 1. The first-order chi connectivity index (χ1) is 8.36. The van der Waals surface area contributed by atoms with E-state index in [0.717, 1.165) is 5.69 Å². The fraction of sp³-hybridized carbons (Fsp3) is 0.533. The average Bonchev–Trinajstić information content (AvgIpc) is 2.27. The van der Waals surface area contributed by atoms with Crippen LogP contribution in [0.15, 0.2) is 18.2 Å². The van der Waals surface area contributed by atoms with E-state index < -0.39 is 0 Å². The molecule has 1 amide bonds. The summed E-state index contributed by atoms with van der Waals surface area (Å²) >= 11 is 0. The van der Waals surface area contributed by atoms with E-state index in [4.69, 9.17) is 5.73 Å². The Balaban J connectivity index is 3.06. The number of nitrogens with zero attached hydrogens (tertiary/aromatic N) is 1. The number of benzene rings is 1. The summed E-state index contributed by atoms with van der Waals surface area (Å²) in [5.74, 6) is -0.0664. The van der Waals surface area contributed by atoms with Gasteiger partial charge in [0.25, 0.3) is 0 Å². The maximum Gasteiger partial charge on any atom is 0.231 e. The number of anilines is 1. The minimum atomic E-state index is -0.161. The Hall–Kier alpha value is -1.35. The first-order valence-electron chi connectivity index (χ1n) is 6.52. The molecule has 2 unspecified atom stereocenters. The summed E-state index contributed by atoms with van der Waals surface area (Å²) in [5, 5.41) is 0. The van der Waals surface area contributed by atoms with Gasteiger partial charge < -0.3 is 10.6 Å². The molecule has 3 nitrogen and oxygen atoms in total. The quantitative estimate of drug-likeness (QED) is 0.890. The molecule has 0 spiro atoms. The Morgan fingerprint density at radius 1 is 1.22 bits per heavy atom. The predicted molar refractivity (Wildman–Crippen MR) is 76.8 cm³/mol. The van der Waals surface area contributed by atoms with Crippen LogP contribution in [0.5, 0.6) is 0 Å². The highest BCUT2D eigenvalue weighted by atomic mass is 16.2. The van der Waals surface area contributed by atoms with Crippen LogP contribution in [0, 0.1) is 19.8 Å². The van der Waals surface area contributed by atoms with Crippen LogP contribution < -0.4 is 10.6 Å². The molecule has 0 saturated carbocycles. The Kier molecular flexibility index (Phi) is 4.91. The molecule has 0 saturated heterocycles. The third-order valence-corrected chi connectivity index (χ3v) is 3.28. The SMILES string of the molecule is CCN(C(=O)C(C)C(C)N)c1cc(C)cc(C)c1. The Labute approximate surface area is 110 Å². The van der Waals surface area contributed by atoms with Crippen molar-refractivity contribution in [3.05, 3.63) is 29.3 Å². The number of carbonyl (C=O) groups excluding carboxylic acids is 1. The lowest BCUT2D eigenvalue weighted by Gasteiger charge is -2.27. The van der Waals surface area contributed by atoms with Gasteiger partial charge in [0, 0.05) is 18.3 Å². The normalized spacial score (nSPS) is 14.1. The third-order valence-electron chi connectivity index (χ3n) is 3.28. The standard InChI is InChI=1S/C15H24N2O/c1-6-17(15(18)12(4)13(5)16)14-8-10(2)7-11(3)9-14/h7-9,12-13H,6,16H2,1-5H3. The Morgan fingerprint density at radius 3 is 2.11 bits per heavy atom. The summed E-state index contributed by atoms with van der Waals surface area (Å²) in [4.78, 5) is 14.2. The number of rotatable bonds is 4. The fourth-order valence-electron chi connectivity index (χ4n) is 2.04. The molecule has 0 aliphatic carbocycles. The monoisotopic (exact) mass is 248 g/mol. The lowest BCUT2D eigenvalue weighted by Crippen LogP contribution is -2.41.